The van der Waals surface area contributed by atoms with E-state index in [1.165, 1.54) is 70.6 Å². The van der Waals surface area contributed by atoms with Crippen molar-refractivity contribution in [3.63, 3.8) is 0 Å². The monoisotopic (exact) mass is 796 g/mol. The van der Waals surface area contributed by atoms with E-state index in [1.54, 1.807) is 0 Å². The van der Waals surface area contributed by atoms with Crippen molar-refractivity contribution in [2.75, 3.05) is 72.2 Å². The fourth-order valence-corrected chi connectivity index (χ4v) is 7.24. The first-order valence-electron chi connectivity index (χ1n) is 24.0. The van der Waals surface area contributed by atoms with E-state index in [0.29, 0.717) is 52.4 Å². The summed E-state index contributed by atoms with van der Waals surface area (Å²) in [5, 5.41) is 0. The molecule has 0 heterocycles. The smallest absolute Gasteiger partial charge is 0.409 e. The molecule has 332 valence electrons. The molecular formula is C47H93N3O6. The summed E-state index contributed by atoms with van der Waals surface area (Å²) in [6.45, 7) is 21.0. The van der Waals surface area contributed by atoms with Gasteiger partial charge in [0.1, 0.15) is 13.2 Å². The van der Waals surface area contributed by atoms with Crippen molar-refractivity contribution in [1.82, 2.24) is 14.7 Å². The van der Waals surface area contributed by atoms with Crippen LogP contribution in [-0.4, -0.2) is 105 Å². The molecule has 0 saturated heterocycles. The quantitative estimate of drug-likeness (QED) is 0.0343. The van der Waals surface area contributed by atoms with Gasteiger partial charge in [-0.25, -0.2) is 4.79 Å². The van der Waals surface area contributed by atoms with Gasteiger partial charge in [-0.2, -0.15) is 0 Å². The van der Waals surface area contributed by atoms with E-state index in [9.17, 15) is 14.4 Å². The molecule has 0 spiro atoms. The second-order valence-electron chi connectivity index (χ2n) is 16.1. The number of nitrogens with zero attached hydrogens (tertiary/aromatic N) is 3. The molecule has 0 atom stereocenters. The number of ether oxygens (including phenoxy) is 3. The van der Waals surface area contributed by atoms with Crippen molar-refractivity contribution < 1.29 is 28.6 Å². The molecule has 0 radical (unpaired) electrons. The molecule has 0 rings (SSSR count). The molecule has 0 fully saturated rings. The first-order valence-corrected chi connectivity index (χ1v) is 24.0. The lowest BCUT2D eigenvalue weighted by molar-refractivity contribution is -0.149. The molecule has 56 heavy (non-hydrogen) atoms. The van der Waals surface area contributed by atoms with E-state index < -0.39 is 0 Å². The normalized spacial score (nSPS) is 11.5. The lowest BCUT2D eigenvalue weighted by Crippen LogP contribution is -2.38. The molecule has 0 aliphatic carbocycles. The largest absolute Gasteiger partial charge is 0.466 e. The molecule has 0 aromatic heterocycles. The predicted octanol–water partition coefficient (Wildman–Crippen LogP) is 12.0. The number of amides is 1. The number of esters is 2. The number of hydrogen-bond donors (Lipinski definition) is 0. The molecule has 0 aromatic carbocycles. The van der Waals surface area contributed by atoms with Crippen LogP contribution in [-0.2, 0) is 23.8 Å². The summed E-state index contributed by atoms with van der Waals surface area (Å²) < 4.78 is 17.3. The van der Waals surface area contributed by atoms with E-state index in [0.717, 1.165) is 116 Å². The Balaban J connectivity index is 5.08. The highest BCUT2D eigenvalue weighted by Gasteiger charge is 2.20. The van der Waals surface area contributed by atoms with Crippen LogP contribution >= 0.6 is 0 Å². The van der Waals surface area contributed by atoms with Gasteiger partial charge >= 0.3 is 18.0 Å². The van der Waals surface area contributed by atoms with Gasteiger partial charge in [-0.05, 0) is 71.1 Å². The van der Waals surface area contributed by atoms with E-state index >= 15 is 0 Å². The van der Waals surface area contributed by atoms with Crippen molar-refractivity contribution in [3.8, 4) is 0 Å². The van der Waals surface area contributed by atoms with Crippen LogP contribution in [0.4, 0.5) is 4.79 Å². The maximum atomic E-state index is 13.4. The molecule has 9 heteroatoms. The highest BCUT2D eigenvalue weighted by Crippen LogP contribution is 2.21. The SMILES string of the molecule is CCCCCCCOC(=O)CCCCCN(CCCCCC)C(=O)OCCN(CCCN(CC)CC)CCOC(=O)C(CCCCCCC)CCCCCCC. The van der Waals surface area contributed by atoms with Crippen LogP contribution in [0.15, 0.2) is 0 Å². The van der Waals surface area contributed by atoms with Crippen molar-refractivity contribution in [2.24, 2.45) is 5.92 Å². The zero-order valence-electron chi connectivity index (χ0n) is 38.0. The van der Waals surface area contributed by atoms with E-state index in [2.05, 4.69) is 51.3 Å². The third kappa shape index (κ3) is 33.1. The molecular weight excluding hydrogens is 703 g/mol. The van der Waals surface area contributed by atoms with Crippen molar-refractivity contribution in [3.05, 3.63) is 0 Å². The molecule has 0 aromatic rings. The van der Waals surface area contributed by atoms with Crippen LogP contribution < -0.4 is 0 Å². The summed E-state index contributed by atoms with van der Waals surface area (Å²) in [5.41, 5.74) is 0. The van der Waals surface area contributed by atoms with Crippen molar-refractivity contribution in [2.45, 2.75) is 208 Å². The molecule has 0 unspecified atom stereocenters. The molecule has 0 aliphatic rings. The summed E-state index contributed by atoms with van der Waals surface area (Å²) in [4.78, 5) is 45.5. The van der Waals surface area contributed by atoms with E-state index in [1.807, 2.05) is 4.90 Å². The Bertz CT molecular complexity index is 872. The second-order valence-corrected chi connectivity index (χ2v) is 16.1. The van der Waals surface area contributed by atoms with Crippen LogP contribution in [0.3, 0.4) is 0 Å². The van der Waals surface area contributed by atoms with Gasteiger partial charge in [-0.1, -0.05) is 157 Å². The van der Waals surface area contributed by atoms with Crippen LogP contribution in [0.2, 0.25) is 0 Å². The zero-order valence-corrected chi connectivity index (χ0v) is 38.0. The van der Waals surface area contributed by atoms with Crippen LogP contribution in [0.25, 0.3) is 0 Å². The van der Waals surface area contributed by atoms with Crippen molar-refractivity contribution >= 4 is 18.0 Å². The predicted molar refractivity (Wildman–Crippen MR) is 235 cm³/mol. The third-order valence-corrected chi connectivity index (χ3v) is 11.1. The van der Waals surface area contributed by atoms with Gasteiger partial charge in [0, 0.05) is 32.6 Å². The fraction of sp³-hybridized carbons (Fsp3) is 0.936. The highest BCUT2D eigenvalue weighted by atomic mass is 16.6. The fourth-order valence-electron chi connectivity index (χ4n) is 7.24. The van der Waals surface area contributed by atoms with Gasteiger partial charge in [0.25, 0.3) is 0 Å². The summed E-state index contributed by atoms with van der Waals surface area (Å²) in [7, 11) is 0. The minimum absolute atomic E-state index is 0.00226. The number of unbranched alkanes of at least 4 members (excludes halogenated alkanes) is 17. The molecule has 0 bridgehead atoms. The standard InChI is InChI=1S/C47H93N3O6/c1-7-13-17-21-25-32-44(33-26-22-18-14-8-2)46(52)55-42-39-49(36-31-35-48(11-5)12-6)40-43-56-47(53)50(37-28-20-16-10-4)38-29-24-27-34-45(51)54-41-30-23-19-15-9-3/h44H,7-43H2,1-6H3. The minimum atomic E-state index is -0.251. The van der Waals surface area contributed by atoms with Crippen LogP contribution in [0.5, 0.6) is 0 Å². The Hall–Kier alpha value is -1.87. The summed E-state index contributed by atoms with van der Waals surface area (Å²) >= 11 is 0. The summed E-state index contributed by atoms with van der Waals surface area (Å²) in [5.74, 6) is -0.139. The first kappa shape index (κ1) is 54.1. The van der Waals surface area contributed by atoms with Gasteiger partial charge < -0.3 is 24.0 Å². The highest BCUT2D eigenvalue weighted by molar-refractivity contribution is 5.72. The molecule has 0 N–H and O–H groups in total. The molecule has 1 amide bonds. The van der Waals surface area contributed by atoms with Gasteiger partial charge in [-0.3, -0.25) is 14.5 Å². The average Bonchev–Trinajstić information content (AvgIpc) is 3.20. The van der Waals surface area contributed by atoms with E-state index in [4.69, 9.17) is 14.2 Å². The number of carbonyl (C=O) groups excluding carboxylic acids is 3. The summed E-state index contributed by atoms with van der Waals surface area (Å²) in [6.07, 6.45) is 27.7. The number of hydrogen-bond acceptors (Lipinski definition) is 8. The number of rotatable bonds is 42. The molecule has 0 aliphatic heterocycles. The van der Waals surface area contributed by atoms with Crippen molar-refractivity contribution in [1.29, 1.82) is 0 Å². The Kier molecular flexibility index (Phi) is 39.9. The minimum Gasteiger partial charge on any atom is -0.466 e. The summed E-state index contributed by atoms with van der Waals surface area (Å²) in [6, 6.07) is 0. The van der Waals surface area contributed by atoms with E-state index in [-0.39, 0.29) is 23.9 Å². The van der Waals surface area contributed by atoms with Gasteiger partial charge in [0.05, 0.1) is 12.5 Å². The lowest BCUT2D eigenvalue weighted by atomic mass is 9.94. The first-order chi connectivity index (χ1) is 27.4. The number of carbonyl (C=O) groups is 3. The Labute approximate surface area is 347 Å². The average molecular weight is 796 g/mol. The van der Waals surface area contributed by atoms with Crippen LogP contribution in [0.1, 0.15) is 208 Å². The maximum absolute atomic E-state index is 13.4. The van der Waals surface area contributed by atoms with Gasteiger partial charge in [0.2, 0.25) is 0 Å². The molecule has 0 saturated carbocycles. The molecule has 9 nitrogen and oxygen atoms in total. The zero-order chi connectivity index (χ0) is 41.3. The maximum Gasteiger partial charge on any atom is 0.409 e. The second kappa shape index (κ2) is 41.3. The lowest BCUT2D eigenvalue weighted by Gasteiger charge is -2.26. The topological polar surface area (TPSA) is 88.6 Å². The van der Waals surface area contributed by atoms with Gasteiger partial charge in [-0.15, -0.1) is 0 Å². The third-order valence-electron chi connectivity index (χ3n) is 11.1. The Morgan fingerprint density at radius 1 is 0.411 bits per heavy atom. The van der Waals surface area contributed by atoms with Gasteiger partial charge in [0.15, 0.2) is 0 Å². The van der Waals surface area contributed by atoms with Crippen LogP contribution in [0, 0.1) is 5.92 Å². The Morgan fingerprint density at radius 2 is 0.875 bits per heavy atom. The Morgan fingerprint density at radius 3 is 1.41 bits per heavy atom.